The molecule has 0 saturated heterocycles. The average Bonchev–Trinajstić information content (AvgIpc) is 3.19. The summed E-state index contributed by atoms with van der Waals surface area (Å²) >= 11 is 0. The van der Waals surface area contributed by atoms with E-state index in [1.807, 2.05) is 30.4 Å². The lowest BCUT2D eigenvalue weighted by Crippen LogP contribution is -2.34. The summed E-state index contributed by atoms with van der Waals surface area (Å²) in [7, 11) is -3.31. The zero-order chi connectivity index (χ0) is 20.6. The topological polar surface area (TPSA) is 67.2 Å². The highest BCUT2D eigenvalue weighted by Crippen LogP contribution is 2.24. The lowest BCUT2D eigenvalue weighted by atomic mass is 10.2. The predicted octanol–water partition coefficient (Wildman–Crippen LogP) is 3.60. The van der Waals surface area contributed by atoms with E-state index in [-0.39, 0.29) is 10.7 Å². The van der Waals surface area contributed by atoms with Gasteiger partial charge in [0.1, 0.15) is 5.82 Å². The van der Waals surface area contributed by atoms with Crippen LogP contribution in [0.5, 0.6) is 0 Å². The number of hydrazine groups is 1. The van der Waals surface area contributed by atoms with Crippen LogP contribution in [0, 0.1) is 12.7 Å². The Morgan fingerprint density at radius 2 is 1.90 bits per heavy atom. The van der Waals surface area contributed by atoms with Crippen molar-refractivity contribution in [1.82, 2.24) is 15.2 Å². The van der Waals surface area contributed by atoms with Crippen LogP contribution in [-0.2, 0) is 9.84 Å². The zero-order valence-electron chi connectivity index (χ0n) is 15.9. The summed E-state index contributed by atoms with van der Waals surface area (Å²) in [5, 5.41) is 6.04. The van der Waals surface area contributed by atoms with E-state index in [1.165, 1.54) is 12.3 Å². The quantitative estimate of drug-likeness (QED) is 0.712. The highest BCUT2D eigenvalue weighted by atomic mass is 32.2. The first-order valence-corrected chi connectivity index (χ1v) is 10.8. The molecule has 1 aromatic heterocycles. The normalized spacial score (nSPS) is 13.9. The molecule has 1 aliphatic heterocycles. The van der Waals surface area contributed by atoms with E-state index < -0.39 is 9.84 Å². The molecule has 148 valence electrons. The third-order valence-corrected chi connectivity index (χ3v) is 5.69. The first kappa shape index (κ1) is 18.9. The van der Waals surface area contributed by atoms with Crippen molar-refractivity contribution in [2.24, 2.45) is 0 Å². The summed E-state index contributed by atoms with van der Waals surface area (Å²) < 4.78 is 39.4. The molecule has 0 spiro atoms. The number of sulfone groups is 1. The second kappa shape index (κ2) is 7.21. The van der Waals surface area contributed by atoms with Crippen molar-refractivity contribution in [2.75, 3.05) is 11.3 Å². The van der Waals surface area contributed by atoms with Gasteiger partial charge in [-0.25, -0.2) is 17.5 Å². The largest absolute Gasteiger partial charge is 0.292 e. The van der Waals surface area contributed by atoms with Crippen LogP contribution in [0.2, 0.25) is 0 Å². The Bertz CT molecular complexity index is 1250. The van der Waals surface area contributed by atoms with Gasteiger partial charge in [0, 0.05) is 12.5 Å². The van der Waals surface area contributed by atoms with E-state index in [0.717, 1.165) is 11.4 Å². The maximum Gasteiger partial charge on any atom is 0.175 e. The maximum atomic E-state index is 14.0. The average molecular weight is 410 g/mol. The summed E-state index contributed by atoms with van der Waals surface area (Å²) in [4.78, 5) is 0.237. The van der Waals surface area contributed by atoms with Gasteiger partial charge in [-0.2, -0.15) is 5.10 Å². The van der Waals surface area contributed by atoms with Crippen LogP contribution in [-0.4, -0.2) is 24.5 Å². The van der Waals surface area contributed by atoms with E-state index in [9.17, 15) is 12.8 Å². The summed E-state index contributed by atoms with van der Waals surface area (Å²) in [6.07, 6.45) is 8.32. The number of nitrogens with one attached hydrogen (secondary N) is 1. The minimum absolute atomic E-state index is 0.237. The third kappa shape index (κ3) is 3.79. The van der Waals surface area contributed by atoms with Crippen LogP contribution in [0.4, 0.5) is 10.1 Å². The van der Waals surface area contributed by atoms with Crippen LogP contribution < -0.4 is 10.4 Å². The number of nitrogens with zero attached hydrogens (tertiary/aromatic N) is 3. The van der Waals surface area contributed by atoms with Crippen molar-refractivity contribution in [3.8, 4) is 5.69 Å². The van der Waals surface area contributed by atoms with E-state index in [2.05, 4.69) is 10.5 Å². The van der Waals surface area contributed by atoms with Gasteiger partial charge < -0.3 is 0 Å². The molecule has 1 N–H and O–H groups in total. The SMILES string of the molecule is Cc1ccc(-n2nccc2C2=CC=CN(c3cccc(S(C)(=O)=O)c3)N2)cc1F. The number of halogens is 1. The van der Waals surface area contributed by atoms with Crippen molar-refractivity contribution in [3.05, 3.63) is 90.2 Å². The molecule has 0 fully saturated rings. The Kier molecular flexibility index (Phi) is 4.71. The smallest absolute Gasteiger partial charge is 0.175 e. The van der Waals surface area contributed by atoms with Crippen molar-refractivity contribution < 1.29 is 12.8 Å². The van der Waals surface area contributed by atoms with Crippen LogP contribution >= 0.6 is 0 Å². The van der Waals surface area contributed by atoms with Crippen molar-refractivity contribution >= 4 is 21.2 Å². The Morgan fingerprint density at radius 1 is 1.07 bits per heavy atom. The van der Waals surface area contributed by atoms with Gasteiger partial charge in [0.25, 0.3) is 0 Å². The standard InChI is InChI=1S/C21H19FN4O2S/c1-15-8-9-17(14-19(15)22)26-21(10-11-23-26)20-7-4-12-25(24-20)16-5-3-6-18(13-16)29(2,27)28/h3-14,24H,1-2H3. The zero-order valence-corrected chi connectivity index (χ0v) is 16.7. The first-order chi connectivity index (χ1) is 13.8. The lowest BCUT2D eigenvalue weighted by Gasteiger charge is -2.27. The molecule has 6 nitrogen and oxygen atoms in total. The molecule has 0 aliphatic carbocycles. The van der Waals surface area contributed by atoms with Gasteiger partial charge in [-0.3, -0.25) is 10.4 Å². The van der Waals surface area contributed by atoms with Crippen LogP contribution in [0.15, 0.2) is 78.0 Å². The molecule has 1 aliphatic rings. The number of aryl methyl sites for hydroxylation is 1. The van der Waals surface area contributed by atoms with Crippen LogP contribution in [0.1, 0.15) is 11.3 Å². The fourth-order valence-corrected chi connectivity index (χ4v) is 3.67. The Labute approximate surface area is 168 Å². The van der Waals surface area contributed by atoms with E-state index in [0.29, 0.717) is 16.9 Å². The van der Waals surface area contributed by atoms with Gasteiger partial charge in [0.05, 0.1) is 33.9 Å². The Balaban J connectivity index is 1.66. The molecule has 0 unspecified atom stereocenters. The minimum atomic E-state index is -3.31. The second-order valence-electron chi connectivity index (χ2n) is 6.73. The van der Waals surface area contributed by atoms with E-state index >= 15 is 0 Å². The number of hydrogen-bond donors (Lipinski definition) is 1. The highest BCUT2D eigenvalue weighted by Gasteiger charge is 2.17. The Hall–Kier alpha value is -3.39. The third-order valence-electron chi connectivity index (χ3n) is 4.58. The predicted molar refractivity (Wildman–Crippen MR) is 111 cm³/mol. The molecule has 2 heterocycles. The molecule has 29 heavy (non-hydrogen) atoms. The highest BCUT2D eigenvalue weighted by molar-refractivity contribution is 7.90. The fourth-order valence-electron chi connectivity index (χ4n) is 3.01. The van der Waals surface area contributed by atoms with Gasteiger partial charge in [0.15, 0.2) is 9.84 Å². The first-order valence-electron chi connectivity index (χ1n) is 8.88. The van der Waals surface area contributed by atoms with Gasteiger partial charge in [-0.05, 0) is 61.0 Å². The van der Waals surface area contributed by atoms with Crippen LogP contribution in [0.3, 0.4) is 0 Å². The summed E-state index contributed by atoms with van der Waals surface area (Å²) in [6, 6.07) is 13.4. The molecule has 8 heteroatoms. The Morgan fingerprint density at radius 3 is 2.66 bits per heavy atom. The molecule has 2 aromatic carbocycles. The number of benzene rings is 2. The number of anilines is 1. The van der Waals surface area contributed by atoms with E-state index in [1.54, 1.807) is 53.3 Å². The molecule has 4 rings (SSSR count). The number of rotatable bonds is 4. The summed E-state index contributed by atoms with van der Waals surface area (Å²) in [5.41, 5.74) is 6.56. The van der Waals surface area contributed by atoms with Crippen LogP contribution in [0.25, 0.3) is 11.4 Å². The molecule has 0 amide bonds. The monoisotopic (exact) mass is 410 g/mol. The number of aromatic nitrogens is 2. The number of allylic oxidation sites excluding steroid dienone is 2. The van der Waals surface area contributed by atoms with Gasteiger partial charge in [-0.1, -0.05) is 12.1 Å². The summed E-state index contributed by atoms with van der Waals surface area (Å²) in [5.74, 6) is -0.298. The molecule has 0 radical (unpaired) electrons. The summed E-state index contributed by atoms with van der Waals surface area (Å²) in [6.45, 7) is 1.71. The van der Waals surface area contributed by atoms with Gasteiger partial charge in [-0.15, -0.1) is 0 Å². The van der Waals surface area contributed by atoms with E-state index in [4.69, 9.17) is 0 Å². The van der Waals surface area contributed by atoms with Crippen molar-refractivity contribution in [1.29, 1.82) is 0 Å². The second-order valence-corrected chi connectivity index (χ2v) is 8.75. The number of hydrogen-bond acceptors (Lipinski definition) is 5. The minimum Gasteiger partial charge on any atom is -0.292 e. The lowest BCUT2D eigenvalue weighted by molar-refractivity contribution is 0.602. The molecule has 0 atom stereocenters. The fraction of sp³-hybridized carbons (Fsp3) is 0.0952. The van der Waals surface area contributed by atoms with Crippen molar-refractivity contribution in [3.63, 3.8) is 0 Å². The molecule has 0 saturated carbocycles. The van der Waals surface area contributed by atoms with Gasteiger partial charge in [0.2, 0.25) is 0 Å². The molecule has 3 aromatic rings. The molecular weight excluding hydrogens is 391 g/mol. The molecule has 0 bridgehead atoms. The van der Waals surface area contributed by atoms with Gasteiger partial charge >= 0.3 is 0 Å². The van der Waals surface area contributed by atoms with Crippen molar-refractivity contribution in [2.45, 2.75) is 11.8 Å². The maximum absolute atomic E-state index is 14.0. The molecular formula is C21H19FN4O2S.